The number of halogens is 6. The summed E-state index contributed by atoms with van der Waals surface area (Å²) in [6, 6.07) is 47.5. The summed E-state index contributed by atoms with van der Waals surface area (Å²) in [4.78, 5) is 18.9. The van der Waals surface area contributed by atoms with Gasteiger partial charge in [0.2, 0.25) is 0 Å². The van der Waals surface area contributed by atoms with Gasteiger partial charge in [-0.15, -0.1) is 0 Å². The number of benzene rings is 5. The maximum Gasteiger partial charge on any atom is 0 e. The minimum atomic E-state index is -9.19. The van der Waals surface area contributed by atoms with Crippen LogP contribution in [0.2, 0.25) is 0 Å². The number of rotatable bonds is 7. The van der Waals surface area contributed by atoms with Gasteiger partial charge in [-0.05, 0) is 72.8 Å². The molecule has 0 spiro atoms. The standard InChI is InChI=1S/C31H23OS2.2C2H6.CH3.6FH.Sb.Y/c32-31(24-10-4-1-5-11-24)25-16-18-26(19-17-25)33-27-20-22-30(23-21-27)34(28-12-6-2-7-13-28)29-14-8-3-9-15-29;2*1-2;;;;;;;;;/h1-23H;2*1-2H3;1H3;6*1H;;/q+1;;;-1;;;;;;;+5;/p-6. The zero-order valence-corrected chi connectivity index (χ0v) is 33.8. The predicted molar refractivity (Wildman–Crippen MR) is 182 cm³/mol. The fourth-order valence-corrected chi connectivity index (χ4v) is 6.63. The molecule has 5 aromatic carbocycles. The SMILES string of the molecule is CC.CC.O=C(c1ccccc1)c1ccc(Sc2ccc([S+](c3ccccc3)c3ccccc3)cc2)cc1.[CH3-].[F-].[F][Sb]([F])([F])([F])[F].[Y]. The minimum absolute atomic E-state index is 0. The van der Waals surface area contributed by atoms with Crippen molar-refractivity contribution in [1.29, 1.82) is 0 Å². The monoisotopic (exact) mass is 874 g/mol. The molecular formula is C36H38F6OS2SbY-. The Morgan fingerprint density at radius 3 is 1.15 bits per heavy atom. The van der Waals surface area contributed by atoms with Gasteiger partial charge in [0.1, 0.15) is 0 Å². The average Bonchev–Trinajstić information content (AvgIpc) is 3.04. The Hall–Kier alpha value is -2.03. The number of hydrogen-bond donors (Lipinski definition) is 0. The Balaban J connectivity index is 0. The van der Waals surface area contributed by atoms with Gasteiger partial charge in [-0.2, -0.15) is 0 Å². The van der Waals surface area contributed by atoms with Crippen LogP contribution in [0.3, 0.4) is 0 Å². The van der Waals surface area contributed by atoms with Gasteiger partial charge < -0.3 is 12.1 Å². The van der Waals surface area contributed by atoms with Crippen LogP contribution in [0.15, 0.2) is 164 Å². The molecule has 0 aromatic heterocycles. The third-order valence-electron chi connectivity index (χ3n) is 5.41. The molecule has 0 atom stereocenters. The number of carbonyl (C=O) groups is 1. The van der Waals surface area contributed by atoms with E-state index in [0.29, 0.717) is 11.1 Å². The Bertz CT molecular complexity index is 1480. The molecule has 1 radical (unpaired) electrons. The van der Waals surface area contributed by atoms with E-state index in [1.165, 1.54) is 19.6 Å². The molecule has 0 aliphatic rings. The molecule has 0 bridgehead atoms. The van der Waals surface area contributed by atoms with Crippen LogP contribution in [0.5, 0.6) is 0 Å². The van der Waals surface area contributed by atoms with Crippen molar-refractivity contribution in [2.75, 3.05) is 0 Å². The van der Waals surface area contributed by atoms with E-state index in [-0.39, 0.29) is 61.5 Å². The molecule has 5 aromatic rings. The predicted octanol–water partition coefficient (Wildman–Crippen LogP) is 9.39. The summed E-state index contributed by atoms with van der Waals surface area (Å²) in [6.45, 7) is 8.00. The molecule has 0 aliphatic heterocycles. The van der Waals surface area contributed by atoms with Gasteiger partial charge in [0.15, 0.2) is 20.5 Å². The zero-order valence-electron chi connectivity index (χ0n) is 26.8. The van der Waals surface area contributed by atoms with Gasteiger partial charge >= 0.3 is 34.4 Å². The first-order valence-electron chi connectivity index (χ1n) is 13.9. The van der Waals surface area contributed by atoms with Gasteiger partial charge in [0.05, 0.1) is 10.9 Å². The van der Waals surface area contributed by atoms with Gasteiger partial charge in [-0.1, -0.05) is 106 Å². The molecule has 0 amide bonds. The summed E-state index contributed by atoms with van der Waals surface area (Å²) in [5.74, 6) is 0.0513. The quantitative estimate of drug-likeness (QED) is 0.0534. The molecule has 0 unspecified atom stereocenters. The van der Waals surface area contributed by atoms with Crippen LogP contribution in [0.1, 0.15) is 43.6 Å². The number of hydrogen-bond acceptors (Lipinski definition) is 2. The molecule has 47 heavy (non-hydrogen) atoms. The summed E-state index contributed by atoms with van der Waals surface area (Å²) in [5.41, 5.74) is 1.42. The summed E-state index contributed by atoms with van der Waals surface area (Å²) in [7, 11) is -0.143. The molecule has 0 saturated carbocycles. The van der Waals surface area contributed by atoms with Gasteiger partial charge in [0, 0.05) is 53.6 Å². The first-order valence-corrected chi connectivity index (χ1v) is 20.8. The van der Waals surface area contributed by atoms with Crippen molar-refractivity contribution in [2.45, 2.75) is 52.2 Å². The van der Waals surface area contributed by atoms with E-state index in [9.17, 15) is 18.9 Å². The molecule has 0 N–H and O–H groups in total. The maximum absolute atomic E-state index is 12.6. The van der Waals surface area contributed by atoms with Crippen molar-refractivity contribution in [2.24, 2.45) is 0 Å². The first kappa shape index (κ1) is 47.1. The molecule has 1 nitrogen and oxygen atoms in total. The summed E-state index contributed by atoms with van der Waals surface area (Å²) in [5, 5.41) is 0. The van der Waals surface area contributed by atoms with Crippen LogP contribution < -0.4 is 4.70 Å². The largest absolute Gasteiger partial charge is 0 e. The average molecular weight is 875 g/mol. The molecule has 11 heteroatoms. The first-order chi connectivity index (χ1) is 21.0. The second kappa shape index (κ2) is 23.3. The van der Waals surface area contributed by atoms with E-state index < -0.39 is 20.3 Å². The molecule has 0 fully saturated rings. The summed E-state index contributed by atoms with van der Waals surface area (Å²) >= 11 is -7.48. The van der Waals surface area contributed by atoms with E-state index >= 15 is 0 Å². The Labute approximate surface area is 312 Å². The summed E-state index contributed by atoms with van der Waals surface area (Å²) in [6.07, 6.45) is 0. The van der Waals surface area contributed by atoms with Gasteiger partial charge in [0.25, 0.3) is 0 Å². The molecule has 0 saturated heterocycles. The topological polar surface area (TPSA) is 17.1 Å². The normalized spacial score (nSPS) is 10.6. The smallest absolute Gasteiger partial charge is 0 e. The van der Waals surface area contributed by atoms with E-state index in [0.717, 1.165) is 4.90 Å². The Morgan fingerprint density at radius 2 is 0.787 bits per heavy atom. The van der Waals surface area contributed by atoms with Crippen LogP contribution in [-0.4, -0.2) is 26.1 Å². The van der Waals surface area contributed by atoms with Crippen molar-refractivity contribution < 1.29 is 56.3 Å². The number of carbonyl (C=O) groups excluding carboxylic acids is 1. The second-order valence-corrected chi connectivity index (χ2v) is 15.2. The van der Waals surface area contributed by atoms with E-state index in [4.69, 9.17) is 0 Å². The van der Waals surface area contributed by atoms with Crippen LogP contribution in [0.4, 0.5) is 14.1 Å². The maximum atomic E-state index is 12.6. The molecule has 0 heterocycles. The fraction of sp³-hybridized carbons (Fsp3) is 0.111. The Morgan fingerprint density at radius 1 is 0.511 bits per heavy atom. The van der Waals surface area contributed by atoms with E-state index in [1.54, 1.807) is 11.8 Å². The third-order valence-corrected chi connectivity index (χ3v) is 8.65. The number of ketones is 1. The molecular weight excluding hydrogens is 837 g/mol. The van der Waals surface area contributed by atoms with E-state index in [2.05, 4.69) is 84.9 Å². The molecule has 0 aliphatic carbocycles. The zero-order chi connectivity index (χ0) is 32.6. The van der Waals surface area contributed by atoms with Crippen LogP contribution >= 0.6 is 11.8 Å². The minimum Gasteiger partial charge on any atom is 0 e. The van der Waals surface area contributed by atoms with Crippen LogP contribution in [0.25, 0.3) is 0 Å². The van der Waals surface area contributed by atoms with Crippen molar-refractivity contribution in [3.63, 3.8) is 0 Å². The van der Waals surface area contributed by atoms with Gasteiger partial charge in [-0.3, -0.25) is 4.79 Å². The molecule has 251 valence electrons. The van der Waals surface area contributed by atoms with Crippen molar-refractivity contribution >= 4 is 48.7 Å². The van der Waals surface area contributed by atoms with Crippen molar-refractivity contribution in [3.05, 3.63) is 158 Å². The second-order valence-electron chi connectivity index (χ2n) is 8.36. The van der Waals surface area contributed by atoms with Crippen LogP contribution in [-0.2, 0) is 43.6 Å². The van der Waals surface area contributed by atoms with Gasteiger partial charge in [-0.25, -0.2) is 0 Å². The van der Waals surface area contributed by atoms with E-state index in [1.807, 2.05) is 82.3 Å². The molecule has 5 rings (SSSR count). The van der Waals surface area contributed by atoms with Crippen molar-refractivity contribution in [3.8, 4) is 0 Å². The summed E-state index contributed by atoms with van der Waals surface area (Å²) < 4.78 is 49.6. The van der Waals surface area contributed by atoms with Crippen molar-refractivity contribution in [1.82, 2.24) is 0 Å². The van der Waals surface area contributed by atoms with Crippen LogP contribution in [0, 0.1) is 7.43 Å². The Kier molecular flexibility index (Phi) is 23.4. The third kappa shape index (κ3) is 17.8. The fourth-order valence-electron chi connectivity index (χ4n) is 3.73.